The molecule has 1 aliphatic heterocycles. The summed E-state index contributed by atoms with van der Waals surface area (Å²) in [6.07, 6.45) is 2.62. The Labute approximate surface area is 161 Å². The number of H-pyrrole nitrogens is 1. The summed E-state index contributed by atoms with van der Waals surface area (Å²) in [5, 5.41) is 0. The van der Waals surface area contributed by atoms with Gasteiger partial charge < -0.3 is 9.88 Å². The smallest absolute Gasteiger partial charge is 0.264 e. The molecule has 1 saturated heterocycles. The van der Waals surface area contributed by atoms with Gasteiger partial charge in [0.25, 0.3) is 15.9 Å². The number of aryl methyl sites for hydroxylation is 4. The van der Waals surface area contributed by atoms with E-state index in [0.29, 0.717) is 36.6 Å². The first-order valence-electron chi connectivity index (χ1n) is 9.36. The van der Waals surface area contributed by atoms with Crippen LogP contribution in [0.1, 0.15) is 52.6 Å². The Morgan fingerprint density at radius 3 is 2.44 bits per heavy atom. The molecule has 2 N–H and O–H groups in total. The summed E-state index contributed by atoms with van der Waals surface area (Å²) in [5.41, 5.74) is 3.71. The standard InChI is InChI=1S/C20H27N3O3S/c1-5-16-10-8-9-13(2)18(16)22-27(25,26)19-15(4)21-14(3)17(19)20(24)23-11-6-7-12-23/h8-10,21-22H,5-7,11-12H2,1-4H3. The summed E-state index contributed by atoms with van der Waals surface area (Å²) in [6, 6.07) is 5.71. The van der Waals surface area contributed by atoms with Gasteiger partial charge in [-0.3, -0.25) is 9.52 Å². The third-order valence-corrected chi connectivity index (χ3v) is 6.69. The second kappa shape index (κ2) is 7.38. The highest BCUT2D eigenvalue weighted by molar-refractivity contribution is 7.92. The first-order chi connectivity index (χ1) is 12.8. The van der Waals surface area contributed by atoms with Crippen molar-refractivity contribution in [2.75, 3.05) is 17.8 Å². The summed E-state index contributed by atoms with van der Waals surface area (Å²) < 4.78 is 29.3. The van der Waals surface area contributed by atoms with Crippen LogP contribution >= 0.6 is 0 Å². The molecule has 1 aliphatic rings. The average Bonchev–Trinajstić information content (AvgIpc) is 3.24. The second-order valence-corrected chi connectivity index (χ2v) is 8.77. The van der Waals surface area contributed by atoms with Crippen LogP contribution in [0.5, 0.6) is 0 Å². The van der Waals surface area contributed by atoms with Gasteiger partial charge in [-0.1, -0.05) is 25.1 Å². The molecule has 2 heterocycles. The minimum Gasteiger partial charge on any atom is -0.361 e. The normalized spacial score (nSPS) is 14.6. The number of likely N-dealkylation sites (tertiary alicyclic amines) is 1. The van der Waals surface area contributed by atoms with Gasteiger partial charge in [-0.05, 0) is 51.2 Å². The number of aromatic amines is 1. The lowest BCUT2D eigenvalue weighted by Gasteiger charge is -2.18. The third-order valence-electron chi connectivity index (χ3n) is 5.17. The van der Waals surface area contributed by atoms with E-state index in [-0.39, 0.29) is 16.4 Å². The molecule has 3 rings (SSSR count). The highest BCUT2D eigenvalue weighted by Gasteiger charge is 2.32. The van der Waals surface area contributed by atoms with Crippen molar-refractivity contribution < 1.29 is 13.2 Å². The minimum atomic E-state index is -3.91. The van der Waals surface area contributed by atoms with Crippen molar-refractivity contribution in [3.8, 4) is 0 Å². The summed E-state index contributed by atoms with van der Waals surface area (Å²) in [6.45, 7) is 8.66. The number of aromatic nitrogens is 1. The predicted octanol–water partition coefficient (Wildman–Crippen LogP) is 3.54. The zero-order valence-corrected chi connectivity index (χ0v) is 17.2. The van der Waals surface area contributed by atoms with Crippen LogP contribution in [0.3, 0.4) is 0 Å². The molecule has 0 spiro atoms. The van der Waals surface area contributed by atoms with E-state index in [1.54, 1.807) is 18.7 Å². The van der Waals surface area contributed by atoms with E-state index in [9.17, 15) is 13.2 Å². The number of carbonyl (C=O) groups excluding carboxylic acids is 1. The van der Waals surface area contributed by atoms with Crippen molar-refractivity contribution in [1.82, 2.24) is 9.88 Å². The molecular weight excluding hydrogens is 362 g/mol. The molecule has 146 valence electrons. The number of para-hydroxylation sites is 1. The number of benzene rings is 1. The van der Waals surface area contributed by atoms with Crippen LogP contribution in [0.25, 0.3) is 0 Å². The minimum absolute atomic E-state index is 0.0576. The highest BCUT2D eigenvalue weighted by Crippen LogP contribution is 2.30. The lowest BCUT2D eigenvalue weighted by atomic mass is 10.1. The summed E-state index contributed by atoms with van der Waals surface area (Å²) in [5.74, 6) is -0.213. The van der Waals surface area contributed by atoms with Crippen LogP contribution in [0.2, 0.25) is 0 Å². The second-order valence-electron chi connectivity index (χ2n) is 7.15. The van der Waals surface area contributed by atoms with Crippen molar-refractivity contribution in [2.24, 2.45) is 0 Å². The Bertz CT molecular complexity index is 971. The van der Waals surface area contributed by atoms with E-state index >= 15 is 0 Å². The molecular formula is C20H27N3O3S. The molecule has 6 nitrogen and oxygen atoms in total. The molecule has 0 bridgehead atoms. The molecule has 1 amide bonds. The van der Waals surface area contributed by atoms with Crippen LogP contribution in [0, 0.1) is 20.8 Å². The number of hydrogen-bond donors (Lipinski definition) is 2. The van der Waals surface area contributed by atoms with E-state index in [0.717, 1.165) is 24.0 Å². The SMILES string of the molecule is CCc1cccc(C)c1NS(=O)(=O)c1c(C)[nH]c(C)c1C(=O)N1CCCC1. The molecule has 0 unspecified atom stereocenters. The molecule has 27 heavy (non-hydrogen) atoms. The van der Waals surface area contributed by atoms with Crippen molar-refractivity contribution in [3.05, 3.63) is 46.3 Å². The van der Waals surface area contributed by atoms with Gasteiger partial charge in [0.05, 0.1) is 11.3 Å². The molecule has 0 saturated carbocycles. The number of hydrogen-bond acceptors (Lipinski definition) is 3. The number of nitrogens with zero attached hydrogens (tertiary/aromatic N) is 1. The lowest BCUT2D eigenvalue weighted by molar-refractivity contribution is 0.0788. The van der Waals surface area contributed by atoms with Gasteiger partial charge >= 0.3 is 0 Å². The molecule has 0 atom stereocenters. The molecule has 0 radical (unpaired) electrons. The van der Waals surface area contributed by atoms with E-state index in [2.05, 4.69) is 9.71 Å². The van der Waals surface area contributed by atoms with Crippen LogP contribution in [0.4, 0.5) is 5.69 Å². The van der Waals surface area contributed by atoms with Gasteiger partial charge in [0, 0.05) is 24.5 Å². The number of amides is 1. The van der Waals surface area contributed by atoms with Crippen LogP contribution in [-0.4, -0.2) is 37.3 Å². The number of anilines is 1. The maximum absolute atomic E-state index is 13.3. The molecule has 7 heteroatoms. The zero-order valence-electron chi connectivity index (χ0n) is 16.3. The van der Waals surface area contributed by atoms with Crippen LogP contribution in [0.15, 0.2) is 23.1 Å². The van der Waals surface area contributed by atoms with Crippen LogP contribution in [-0.2, 0) is 16.4 Å². The molecule has 1 fully saturated rings. The van der Waals surface area contributed by atoms with Crippen molar-refractivity contribution >= 4 is 21.6 Å². The number of rotatable bonds is 5. The van der Waals surface area contributed by atoms with Gasteiger partial charge in [0.1, 0.15) is 4.90 Å². The fourth-order valence-corrected chi connectivity index (χ4v) is 5.41. The van der Waals surface area contributed by atoms with Crippen molar-refractivity contribution in [2.45, 2.75) is 51.9 Å². The van der Waals surface area contributed by atoms with Crippen molar-refractivity contribution in [1.29, 1.82) is 0 Å². The maximum Gasteiger partial charge on any atom is 0.264 e. The maximum atomic E-state index is 13.3. The Morgan fingerprint density at radius 1 is 1.15 bits per heavy atom. The summed E-state index contributed by atoms with van der Waals surface area (Å²) >= 11 is 0. The monoisotopic (exact) mass is 389 g/mol. The number of carbonyl (C=O) groups is 1. The summed E-state index contributed by atoms with van der Waals surface area (Å²) in [4.78, 5) is 17.8. The largest absolute Gasteiger partial charge is 0.361 e. The van der Waals surface area contributed by atoms with Gasteiger partial charge in [-0.15, -0.1) is 0 Å². The Morgan fingerprint density at radius 2 is 1.81 bits per heavy atom. The number of nitrogens with one attached hydrogen (secondary N) is 2. The van der Waals surface area contributed by atoms with E-state index in [1.807, 2.05) is 32.0 Å². The van der Waals surface area contributed by atoms with Gasteiger partial charge in [0.2, 0.25) is 0 Å². The highest BCUT2D eigenvalue weighted by atomic mass is 32.2. The van der Waals surface area contributed by atoms with Gasteiger partial charge in [-0.25, -0.2) is 8.42 Å². The quantitative estimate of drug-likeness (QED) is 0.820. The Balaban J connectivity index is 2.07. The fourth-order valence-electron chi connectivity index (χ4n) is 3.78. The molecule has 0 aliphatic carbocycles. The van der Waals surface area contributed by atoms with E-state index in [1.165, 1.54) is 0 Å². The molecule has 2 aromatic rings. The third kappa shape index (κ3) is 3.60. The zero-order chi connectivity index (χ0) is 19.8. The van der Waals surface area contributed by atoms with Crippen LogP contribution < -0.4 is 4.72 Å². The topological polar surface area (TPSA) is 82.3 Å². The predicted molar refractivity (Wildman–Crippen MR) is 107 cm³/mol. The average molecular weight is 390 g/mol. The fraction of sp³-hybridized carbons (Fsp3) is 0.450. The first-order valence-corrected chi connectivity index (χ1v) is 10.8. The molecule has 1 aromatic heterocycles. The van der Waals surface area contributed by atoms with Gasteiger partial charge in [0.15, 0.2) is 0 Å². The first kappa shape index (κ1) is 19.5. The summed E-state index contributed by atoms with van der Waals surface area (Å²) in [7, 11) is -3.91. The van der Waals surface area contributed by atoms with Crippen molar-refractivity contribution in [3.63, 3.8) is 0 Å². The Kier molecular flexibility index (Phi) is 5.33. The van der Waals surface area contributed by atoms with E-state index < -0.39 is 10.0 Å². The molecule has 1 aromatic carbocycles. The van der Waals surface area contributed by atoms with E-state index in [4.69, 9.17) is 0 Å². The lowest BCUT2D eigenvalue weighted by Crippen LogP contribution is -2.30. The Hall–Kier alpha value is -2.28. The number of sulfonamides is 1. The van der Waals surface area contributed by atoms with Gasteiger partial charge in [-0.2, -0.15) is 0 Å².